The van der Waals surface area contributed by atoms with Gasteiger partial charge in [-0.25, -0.2) is 9.37 Å². The summed E-state index contributed by atoms with van der Waals surface area (Å²) in [4.78, 5) is 51.4. The first-order chi connectivity index (χ1) is 13.3. The van der Waals surface area contributed by atoms with E-state index in [9.17, 15) is 23.6 Å². The quantitative estimate of drug-likeness (QED) is 0.599. The van der Waals surface area contributed by atoms with Crippen molar-refractivity contribution in [3.05, 3.63) is 76.1 Å². The molecule has 0 aliphatic heterocycles. The lowest BCUT2D eigenvalue weighted by Crippen LogP contribution is -2.30. The molecule has 0 atom stereocenters. The number of carbonyl (C=O) groups is 3. The van der Waals surface area contributed by atoms with Crippen molar-refractivity contribution in [3.63, 3.8) is 0 Å². The molecular weight excluding hydrogens is 371 g/mol. The van der Waals surface area contributed by atoms with Crippen LogP contribution in [-0.2, 0) is 4.79 Å². The van der Waals surface area contributed by atoms with Gasteiger partial charge >= 0.3 is 5.97 Å². The van der Waals surface area contributed by atoms with Crippen molar-refractivity contribution in [1.29, 1.82) is 0 Å². The standard InChI is InChI=1S/C18H13FN4O5/c19-12-4-1-10(2-5-12)17(27)22-13-7-20-14-6-3-11(9-23(14)18(13)28)16(26)21-8-15(24)25/h1-7,9H,8H2,(H,21,26)(H,22,27)(H,24,25). The van der Waals surface area contributed by atoms with Crippen LogP contribution in [0.3, 0.4) is 0 Å². The van der Waals surface area contributed by atoms with Gasteiger partial charge in [-0.15, -0.1) is 0 Å². The highest BCUT2D eigenvalue weighted by atomic mass is 19.1. The summed E-state index contributed by atoms with van der Waals surface area (Å²) in [5.41, 5.74) is -0.379. The number of fused-ring (bicyclic) bond motifs is 1. The zero-order valence-corrected chi connectivity index (χ0v) is 14.2. The Bertz CT molecular complexity index is 1140. The van der Waals surface area contributed by atoms with Crippen molar-refractivity contribution < 1.29 is 23.9 Å². The maximum Gasteiger partial charge on any atom is 0.322 e. The summed E-state index contributed by atoms with van der Waals surface area (Å²) in [6.07, 6.45) is 2.36. The molecule has 0 unspecified atom stereocenters. The molecule has 3 aromatic rings. The summed E-state index contributed by atoms with van der Waals surface area (Å²) >= 11 is 0. The van der Waals surface area contributed by atoms with Gasteiger partial charge in [0.05, 0.1) is 11.8 Å². The molecule has 2 aromatic heterocycles. The van der Waals surface area contributed by atoms with Crippen LogP contribution in [0.1, 0.15) is 20.7 Å². The molecule has 0 spiro atoms. The van der Waals surface area contributed by atoms with Crippen molar-refractivity contribution in [2.75, 3.05) is 11.9 Å². The van der Waals surface area contributed by atoms with Crippen LogP contribution in [0.25, 0.3) is 5.65 Å². The number of nitrogens with zero attached hydrogens (tertiary/aromatic N) is 2. The molecular formula is C18H13FN4O5. The highest BCUT2D eigenvalue weighted by molar-refractivity contribution is 6.04. The number of pyridine rings is 1. The summed E-state index contributed by atoms with van der Waals surface area (Å²) in [7, 11) is 0. The van der Waals surface area contributed by atoms with Gasteiger partial charge in [0.15, 0.2) is 0 Å². The summed E-state index contributed by atoms with van der Waals surface area (Å²) in [5.74, 6) is -3.03. The van der Waals surface area contributed by atoms with E-state index in [0.29, 0.717) is 0 Å². The van der Waals surface area contributed by atoms with Gasteiger partial charge in [0.2, 0.25) is 0 Å². The van der Waals surface area contributed by atoms with Gasteiger partial charge in [0, 0.05) is 11.8 Å². The highest BCUT2D eigenvalue weighted by Gasteiger charge is 2.13. The predicted molar refractivity (Wildman–Crippen MR) is 95.8 cm³/mol. The molecule has 3 N–H and O–H groups in total. The van der Waals surface area contributed by atoms with Gasteiger partial charge in [0.25, 0.3) is 17.4 Å². The highest BCUT2D eigenvalue weighted by Crippen LogP contribution is 2.08. The molecule has 0 saturated heterocycles. The fourth-order valence-electron chi connectivity index (χ4n) is 2.35. The molecule has 0 saturated carbocycles. The smallest absolute Gasteiger partial charge is 0.322 e. The largest absolute Gasteiger partial charge is 0.480 e. The van der Waals surface area contributed by atoms with Crippen molar-refractivity contribution in [1.82, 2.24) is 14.7 Å². The number of aliphatic carboxylic acids is 1. The van der Waals surface area contributed by atoms with Crippen molar-refractivity contribution in [3.8, 4) is 0 Å². The Morgan fingerprint density at radius 3 is 2.39 bits per heavy atom. The maximum atomic E-state index is 13.0. The first-order valence-electron chi connectivity index (χ1n) is 7.93. The molecule has 0 radical (unpaired) electrons. The Balaban J connectivity index is 1.90. The minimum atomic E-state index is -1.21. The number of anilines is 1. The molecule has 0 aliphatic rings. The van der Waals surface area contributed by atoms with Crippen LogP contribution in [-0.4, -0.2) is 38.8 Å². The molecule has 10 heteroatoms. The monoisotopic (exact) mass is 384 g/mol. The van der Waals surface area contributed by atoms with Gasteiger partial charge in [-0.2, -0.15) is 0 Å². The molecule has 0 fully saturated rings. The number of amides is 2. The molecule has 0 bridgehead atoms. The third-order valence-corrected chi connectivity index (χ3v) is 3.72. The molecule has 2 heterocycles. The third-order valence-electron chi connectivity index (χ3n) is 3.72. The van der Waals surface area contributed by atoms with E-state index in [1.807, 2.05) is 0 Å². The second-order valence-electron chi connectivity index (χ2n) is 5.66. The summed E-state index contributed by atoms with van der Waals surface area (Å²) in [6.45, 7) is -0.572. The minimum Gasteiger partial charge on any atom is -0.480 e. The van der Waals surface area contributed by atoms with Crippen molar-refractivity contribution in [2.45, 2.75) is 0 Å². The molecule has 9 nitrogen and oxygen atoms in total. The second-order valence-corrected chi connectivity index (χ2v) is 5.66. The number of benzene rings is 1. The van der Waals surface area contributed by atoms with Gasteiger partial charge in [-0.05, 0) is 36.4 Å². The number of hydrogen-bond acceptors (Lipinski definition) is 5. The fraction of sp³-hybridized carbons (Fsp3) is 0.0556. The Kier molecular flexibility index (Phi) is 5.12. The van der Waals surface area contributed by atoms with E-state index in [1.54, 1.807) is 0 Å². The Hall–Kier alpha value is -4.08. The number of hydrogen-bond donors (Lipinski definition) is 3. The fourth-order valence-corrected chi connectivity index (χ4v) is 2.35. The molecule has 2 amide bonds. The number of rotatable bonds is 5. The van der Waals surface area contributed by atoms with Gasteiger partial charge in [-0.1, -0.05) is 0 Å². The average molecular weight is 384 g/mol. The van der Waals surface area contributed by atoms with Crippen LogP contribution in [0.15, 0.2) is 53.6 Å². The van der Waals surface area contributed by atoms with Crippen LogP contribution in [0.4, 0.5) is 10.1 Å². The molecule has 142 valence electrons. The Morgan fingerprint density at radius 2 is 1.71 bits per heavy atom. The number of carbonyl (C=O) groups excluding carboxylic acids is 2. The van der Waals surface area contributed by atoms with E-state index >= 15 is 0 Å². The van der Waals surface area contributed by atoms with Crippen LogP contribution < -0.4 is 16.2 Å². The van der Waals surface area contributed by atoms with Crippen LogP contribution >= 0.6 is 0 Å². The van der Waals surface area contributed by atoms with Crippen LogP contribution in [0.5, 0.6) is 0 Å². The van der Waals surface area contributed by atoms with E-state index in [1.165, 1.54) is 36.7 Å². The molecule has 1 aromatic carbocycles. The van der Waals surface area contributed by atoms with Crippen molar-refractivity contribution >= 4 is 29.1 Å². The lowest BCUT2D eigenvalue weighted by molar-refractivity contribution is -0.135. The van der Waals surface area contributed by atoms with E-state index in [0.717, 1.165) is 16.5 Å². The van der Waals surface area contributed by atoms with Crippen LogP contribution in [0.2, 0.25) is 0 Å². The number of carboxylic acid groups (broad SMARTS) is 1. The number of nitrogens with one attached hydrogen (secondary N) is 2. The van der Waals surface area contributed by atoms with Gasteiger partial charge in [-0.3, -0.25) is 23.6 Å². The van der Waals surface area contributed by atoms with E-state index in [-0.39, 0.29) is 22.5 Å². The van der Waals surface area contributed by atoms with E-state index in [2.05, 4.69) is 15.6 Å². The van der Waals surface area contributed by atoms with Gasteiger partial charge in [0.1, 0.15) is 23.7 Å². The maximum absolute atomic E-state index is 13.0. The first kappa shape index (κ1) is 18.7. The first-order valence-corrected chi connectivity index (χ1v) is 7.93. The van der Waals surface area contributed by atoms with Crippen LogP contribution in [0, 0.1) is 5.82 Å². The van der Waals surface area contributed by atoms with E-state index in [4.69, 9.17) is 5.11 Å². The Labute approximate surface area is 156 Å². The topological polar surface area (TPSA) is 130 Å². The normalized spacial score (nSPS) is 10.5. The predicted octanol–water partition coefficient (Wildman–Crippen LogP) is 0.900. The zero-order chi connectivity index (χ0) is 20.3. The molecule has 3 rings (SSSR count). The van der Waals surface area contributed by atoms with Crippen molar-refractivity contribution in [2.24, 2.45) is 0 Å². The molecule has 28 heavy (non-hydrogen) atoms. The minimum absolute atomic E-state index is 0.0414. The zero-order valence-electron chi connectivity index (χ0n) is 14.2. The lowest BCUT2D eigenvalue weighted by Gasteiger charge is -2.08. The van der Waals surface area contributed by atoms with E-state index < -0.39 is 35.7 Å². The molecule has 0 aliphatic carbocycles. The SMILES string of the molecule is O=C(O)CNC(=O)c1ccc2ncc(NC(=O)c3ccc(F)cc3)c(=O)n2c1. The number of carboxylic acids is 1. The second kappa shape index (κ2) is 7.66. The number of halogens is 1. The summed E-state index contributed by atoms with van der Waals surface area (Å²) in [6, 6.07) is 7.55. The Morgan fingerprint density at radius 1 is 1.04 bits per heavy atom. The third kappa shape index (κ3) is 4.01. The average Bonchev–Trinajstić information content (AvgIpc) is 2.68. The number of aromatic nitrogens is 2. The van der Waals surface area contributed by atoms with Gasteiger partial charge < -0.3 is 15.7 Å². The summed E-state index contributed by atoms with van der Waals surface area (Å²) in [5, 5.41) is 13.2. The lowest BCUT2D eigenvalue weighted by atomic mass is 10.2. The summed E-state index contributed by atoms with van der Waals surface area (Å²) < 4.78 is 14.0.